The van der Waals surface area contributed by atoms with Gasteiger partial charge >= 0.3 is 0 Å². The molecule has 1 saturated heterocycles. The molecule has 9 heteroatoms. The summed E-state index contributed by atoms with van der Waals surface area (Å²) in [6, 6.07) is 12.1. The highest BCUT2D eigenvalue weighted by molar-refractivity contribution is 9.15. The number of anilines is 1. The summed E-state index contributed by atoms with van der Waals surface area (Å²) in [7, 11) is 0. The fourth-order valence-electron chi connectivity index (χ4n) is 4.44. The summed E-state index contributed by atoms with van der Waals surface area (Å²) in [5.41, 5.74) is 9.01. The average Bonchev–Trinajstić information content (AvgIpc) is 3.38. The quantitative estimate of drug-likeness (QED) is 0.475. The maximum absolute atomic E-state index is 5.75. The van der Waals surface area contributed by atoms with E-state index in [2.05, 4.69) is 48.2 Å². The minimum Gasteiger partial charge on any atom is -0.454 e. The molecule has 2 aliphatic rings. The standard InChI is InChI=1S/C25H27BrN6O2/c26-20(11-27)25-30-21(10-23(31-25)29-13-17-4-2-8-28-12-17)18-6-3-9-32(14-18)15-19-5-1-7-22-24(19)34-16-33-22/h1-2,4-5,7-8,10-12,18H,3,6,9,13-16,27H2,(H,29,30,31). The van der Waals surface area contributed by atoms with Gasteiger partial charge in [-0.15, -0.1) is 0 Å². The van der Waals surface area contributed by atoms with Crippen LogP contribution in [0.15, 0.2) is 55.0 Å². The van der Waals surface area contributed by atoms with Gasteiger partial charge in [-0.05, 0) is 53.0 Å². The topological polar surface area (TPSA) is 98.4 Å². The van der Waals surface area contributed by atoms with E-state index >= 15 is 0 Å². The molecule has 0 radical (unpaired) electrons. The van der Waals surface area contributed by atoms with Gasteiger partial charge in [-0.1, -0.05) is 18.2 Å². The second-order valence-electron chi connectivity index (χ2n) is 8.46. The number of ether oxygens (including phenoxy) is 2. The first kappa shape index (κ1) is 22.6. The number of nitrogens with one attached hydrogen (secondary N) is 1. The van der Waals surface area contributed by atoms with E-state index < -0.39 is 0 Å². The Kier molecular flexibility index (Phi) is 6.92. The molecule has 1 fully saturated rings. The Bertz CT molecular complexity index is 1170. The van der Waals surface area contributed by atoms with Gasteiger partial charge < -0.3 is 20.5 Å². The van der Waals surface area contributed by atoms with Crippen LogP contribution in [0.2, 0.25) is 0 Å². The number of para-hydroxylation sites is 1. The largest absolute Gasteiger partial charge is 0.454 e. The third-order valence-electron chi connectivity index (χ3n) is 6.10. The molecule has 176 valence electrons. The summed E-state index contributed by atoms with van der Waals surface area (Å²) in [5, 5.41) is 3.42. The zero-order chi connectivity index (χ0) is 23.3. The first-order valence-electron chi connectivity index (χ1n) is 11.4. The molecule has 1 unspecified atom stereocenters. The monoisotopic (exact) mass is 522 g/mol. The van der Waals surface area contributed by atoms with Crippen LogP contribution in [-0.4, -0.2) is 39.7 Å². The highest BCUT2D eigenvalue weighted by Crippen LogP contribution is 2.37. The molecule has 34 heavy (non-hydrogen) atoms. The summed E-state index contributed by atoms with van der Waals surface area (Å²) in [6.45, 7) is 3.69. The van der Waals surface area contributed by atoms with Gasteiger partial charge in [-0.2, -0.15) is 0 Å². The second kappa shape index (κ2) is 10.4. The number of halogens is 1. The third kappa shape index (κ3) is 5.15. The number of fused-ring (bicyclic) bond motifs is 1. The van der Waals surface area contributed by atoms with Crippen LogP contribution in [0.3, 0.4) is 0 Å². The molecule has 0 amide bonds. The van der Waals surface area contributed by atoms with Crippen LogP contribution in [0.1, 0.15) is 41.4 Å². The summed E-state index contributed by atoms with van der Waals surface area (Å²) in [5.74, 6) is 3.34. The maximum Gasteiger partial charge on any atom is 0.231 e. The normalized spacial score (nSPS) is 18.1. The Morgan fingerprint density at radius 2 is 2.18 bits per heavy atom. The van der Waals surface area contributed by atoms with Crippen molar-refractivity contribution in [1.29, 1.82) is 0 Å². The Morgan fingerprint density at radius 3 is 3.03 bits per heavy atom. The van der Waals surface area contributed by atoms with E-state index in [1.165, 1.54) is 6.20 Å². The van der Waals surface area contributed by atoms with E-state index in [0.29, 0.717) is 22.8 Å². The molecule has 1 aromatic carbocycles. The number of piperidine rings is 1. The number of benzene rings is 1. The number of hydrogen-bond donors (Lipinski definition) is 2. The van der Waals surface area contributed by atoms with Gasteiger partial charge in [0.25, 0.3) is 0 Å². The molecule has 3 aromatic rings. The van der Waals surface area contributed by atoms with Crippen LogP contribution >= 0.6 is 15.9 Å². The van der Waals surface area contributed by atoms with Crippen molar-refractivity contribution in [3.8, 4) is 11.5 Å². The van der Waals surface area contributed by atoms with Crippen molar-refractivity contribution in [1.82, 2.24) is 19.9 Å². The van der Waals surface area contributed by atoms with E-state index in [4.69, 9.17) is 20.2 Å². The molecule has 2 aromatic heterocycles. The van der Waals surface area contributed by atoms with Crippen LogP contribution < -0.4 is 20.5 Å². The lowest BCUT2D eigenvalue weighted by Crippen LogP contribution is -2.34. The number of hydrogen-bond acceptors (Lipinski definition) is 8. The summed E-state index contributed by atoms with van der Waals surface area (Å²) in [6.07, 6.45) is 7.27. The number of rotatable bonds is 7. The average molecular weight is 523 g/mol. The van der Waals surface area contributed by atoms with Gasteiger partial charge in [0.05, 0.1) is 10.2 Å². The Labute approximate surface area is 207 Å². The van der Waals surface area contributed by atoms with Crippen molar-refractivity contribution >= 4 is 26.2 Å². The van der Waals surface area contributed by atoms with Crippen molar-refractivity contribution in [2.75, 3.05) is 25.2 Å². The van der Waals surface area contributed by atoms with E-state index in [0.717, 1.165) is 66.6 Å². The Balaban J connectivity index is 1.34. The number of likely N-dealkylation sites (tertiary alicyclic amines) is 1. The van der Waals surface area contributed by atoms with Crippen LogP contribution in [-0.2, 0) is 13.1 Å². The number of pyridine rings is 1. The second-order valence-corrected chi connectivity index (χ2v) is 9.31. The van der Waals surface area contributed by atoms with Crippen LogP contribution in [0.4, 0.5) is 5.82 Å². The number of nitrogens with two attached hydrogens (primary N) is 1. The molecule has 2 aliphatic heterocycles. The maximum atomic E-state index is 5.75. The van der Waals surface area contributed by atoms with Crippen molar-refractivity contribution in [2.45, 2.75) is 31.8 Å². The van der Waals surface area contributed by atoms with Crippen molar-refractivity contribution in [3.05, 3.63) is 77.6 Å². The summed E-state index contributed by atoms with van der Waals surface area (Å²) >= 11 is 3.50. The fraction of sp³-hybridized carbons (Fsp3) is 0.320. The molecular formula is C25H27BrN6O2. The smallest absolute Gasteiger partial charge is 0.231 e. The minimum absolute atomic E-state index is 0.289. The SMILES string of the molecule is NC=C(Br)c1nc(NCc2cccnc2)cc(C2CCCN(Cc3cccc4c3OCO4)C2)n1. The molecule has 8 nitrogen and oxygen atoms in total. The highest BCUT2D eigenvalue weighted by Gasteiger charge is 2.26. The predicted octanol–water partition coefficient (Wildman–Crippen LogP) is 4.24. The molecule has 3 N–H and O–H groups in total. The van der Waals surface area contributed by atoms with Crippen molar-refractivity contribution < 1.29 is 9.47 Å². The Morgan fingerprint density at radius 1 is 1.24 bits per heavy atom. The van der Waals surface area contributed by atoms with E-state index in [1.807, 2.05) is 30.5 Å². The first-order valence-corrected chi connectivity index (χ1v) is 12.2. The van der Waals surface area contributed by atoms with Crippen LogP contribution in [0.25, 0.3) is 4.48 Å². The lowest BCUT2D eigenvalue weighted by Gasteiger charge is -2.33. The first-order chi connectivity index (χ1) is 16.7. The number of nitrogens with zero attached hydrogens (tertiary/aromatic N) is 4. The van der Waals surface area contributed by atoms with Gasteiger partial charge in [0.1, 0.15) is 5.82 Å². The zero-order valence-electron chi connectivity index (χ0n) is 18.8. The molecule has 0 spiro atoms. The van der Waals surface area contributed by atoms with Gasteiger partial charge in [0, 0.05) is 55.8 Å². The van der Waals surface area contributed by atoms with Crippen LogP contribution in [0.5, 0.6) is 11.5 Å². The van der Waals surface area contributed by atoms with Gasteiger partial charge in [-0.3, -0.25) is 9.88 Å². The zero-order valence-corrected chi connectivity index (χ0v) is 20.4. The number of aromatic nitrogens is 3. The Hall–Kier alpha value is -3.17. The van der Waals surface area contributed by atoms with E-state index in [1.54, 1.807) is 6.20 Å². The van der Waals surface area contributed by atoms with Crippen molar-refractivity contribution in [3.63, 3.8) is 0 Å². The van der Waals surface area contributed by atoms with Gasteiger partial charge in [0.2, 0.25) is 6.79 Å². The predicted molar refractivity (Wildman–Crippen MR) is 135 cm³/mol. The van der Waals surface area contributed by atoms with Crippen molar-refractivity contribution in [2.24, 2.45) is 5.73 Å². The molecule has 5 rings (SSSR count). The van der Waals surface area contributed by atoms with E-state index in [-0.39, 0.29) is 6.79 Å². The molecule has 0 bridgehead atoms. The van der Waals surface area contributed by atoms with Crippen LogP contribution in [0, 0.1) is 0 Å². The fourth-order valence-corrected chi connectivity index (χ4v) is 4.62. The molecule has 0 saturated carbocycles. The minimum atomic E-state index is 0.289. The molecular weight excluding hydrogens is 496 g/mol. The van der Waals surface area contributed by atoms with Gasteiger partial charge in [0.15, 0.2) is 17.3 Å². The van der Waals surface area contributed by atoms with Gasteiger partial charge in [-0.25, -0.2) is 9.97 Å². The van der Waals surface area contributed by atoms with E-state index in [9.17, 15) is 0 Å². The summed E-state index contributed by atoms with van der Waals surface area (Å²) in [4.78, 5) is 16.2. The molecule has 4 heterocycles. The summed E-state index contributed by atoms with van der Waals surface area (Å²) < 4.78 is 11.9. The molecule has 0 aliphatic carbocycles. The highest BCUT2D eigenvalue weighted by atomic mass is 79.9. The molecule has 1 atom stereocenters. The third-order valence-corrected chi connectivity index (χ3v) is 6.72. The lowest BCUT2D eigenvalue weighted by molar-refractivity contribution is 0.168. The lowest BCUT2D eigenvalue weighted by atomic mass is 9.94.